The normalized spacial score (nSPS) is 20.5. The molecule has 0 radical (unpaired) electrons. The summed E-state index contributed by atoms with van der Waals surface area (Å²) < 4.78 is 0. The van der Waals surface area contributed by atoms with Gasteiger partial charge in [0.15, 0.2) is 5.82 Å². The first-order valence-corrected chi connectivity index (χ1v) is 7.41. The number of anilines is 2. The molecule has 0 spiro atoms. The van der Waals surface area contributed by atoms with Crippen LogP contribution in [-0.2, 0) is 0 Å². The number of hydrogen-bond acceptors (Lipinski definition) is 7. The van der Waals surface area contributed by atoms with Crippen molar-refractivity contribution in [3.05, 3.63) is 18.0 Å². The number of nitrogens with one attached hydrogen (secondary N) is 2. The van der Waals surface area contributed by atoms with Gasteiger partial charge in [0.1, 0.15) is 17.3 Å². The zero-order chi connectivity index (χ0) is 15.7. The summed E-state index contributed by atoms with van der Waals surface area (Å²) in [5, 5.41) is 16.4. The molecule has 1 fully saturated rings. The van der Waals surface area contributed by atoms with Gasteiger partial charge in [0.05, 0.1) is 0 Å². The average molecular weight is 297 g/mol. The third-order valence-electron chi connectivity index (χ3n) is 3.61. The Kier molecular flexibility index (Phi) is 3.77. The Morgan fingerprint density at radius 3 is 2.77 bits per heavy atom. The molecule has 7 nitrogen and oxygen atoms in total. The van der Waals surface area contributed by atoms with Crippen LogP contribution in [0.2, 0.25) is 0 Å². The Morgan fingerprint density at radius 2 is 2.14 bits per heavy atom. The molecule has 1 aliphatic carbocycles. The van der Waals surface area contributed by atoms with Gasteiger partial charge < -0.3 is 16.4 Å². The summed E-state index contributed by atoms with van der Waals surface area (Å²) in [5.74, 6) is 1.18. The average Bonchev–Trinajstić information content (AvgIpc) is 2.45. The zero-order valence-electron chi connectivity index (χ0n) is 12.7. The lowest BCUT2D eigenvalue weighted by Gasteiger charge is -2.32. The second-order valence-electron chi connectivity index (χ2n) is 5.97. The molecule has 0 amide bonds. The lowest BCUT2D eigenvalue weighted by Crippen LogP contribution is -2.44. The van der Waals surface area contributed by atoms with E-state index in [1.807, 2.05) is 13.8 Å². The van der Waals surface area contributed by atoms with Crippen molar-refractivity contribution in [3.63, 3.8) is 0 Å². The van der Waals surface area contributed by atoms with E-state index in [1.54, 1.807) is 12.3 Å². The molecule has 3 rings (SSSR count). The molecule has 2 aromatic heterocycles. The van der Waals surface area contributed by atoms with Gasteiger partial charge in [-0.3, -0.25) is 0 Å². The Balaban J connectivity index is 1.96. The van der Waals surface area contributed by atoms with Crippen molar-refractivity contribution < 1.29 is 0 Å². The molecule has 2 aromatic rings. The van der Waals surface area contributed by atoms with Crippen LogP contribution in [-0.4, -0.2) is 33.1 Å². The van der Waals surface area contributed by atoms with E-state index in [9.17, 15) is 0 Å². The summed E-state index contributed by atoms with van der Waals surface area (Å²) in [6, 6.07) is 4.57. The van der Waals surface area contributed by atoms with Gasteiger partial charge in [0.25, 0.3) is 0 Å². The van der Waals surface area contributed by atoms with Crippen molar-refractivity contribution in [2.75, 3.05) is 10.6 Å². The highest BCUT2D eigenvalue weighted by Gasteiger charge is 2.26. The molecule has 0 bridgehead atoms. The van der Waals surface area contributed by atoms with Crippen LogP contribution in [0.3, 0.4) is 0 Å². The molecule has 0 atom stereocenters. The second kappa shape index (κ2) is 5.73. The van der Waals surface area contributed by atoms with Gasteiger partial charge in [-0.05, 0) is 32.8 Å². The highest BCUT2D eigenvalue weighted by atomic mass is 15.1. The molecule has 0 aromatic carbocycles. The third kappa shape index (κ3) is 2.92. The fourth-order valence-electron chi connectivity index (χ4n) is 2.50. The van der Waals surface area contributed by atoms with Crippen LogP contribution in [0.4, 0.5) is 11.8 Å². The lowest BCUT2D eigenvalue weighted by atomic mass is 9.88. The van der Waals surface area contributed by atoms with E-state index >= 15 is 0 Å². The van der Waals surface area contributed by atoms with Crippen molar-refractivity contribution in [1.82, 2.24) is 15.0 Å². The molecular formula is C15H19N7. The van der Waals surface area contributed by atoms with E-state index in [1.165, 1.54) is 0 Å². The van der Waals surface area contributed by atoms with Crippen LogP contribution < -0.4 is 16.4 Å². The number of hydrogen-bond donors (Lipinski definition) is 3. The smallest absolute Gasteiger partial charge is 0.223 e. The van der Waals surface area contributed by atoms with Crippen LogP contribution in [0.15, 0.2) is 12.3 Å². The predicted molar refractivity (Wildman–Crippen MR) is 85.4 cm³/mol. The minimum absolute atomic E-state index is 0.195. The van der Waals surface area contributed by atoms with Crippen LogP contribution in [0.25, 0.3) is 10.9 Å². The summed E-state index contributed by atoms with van der Waals surface area (Å²) in [4.78, 5) is 13.2. The Labute approximate surface area is 129 Å². The highest BCUT2D eigenvalue weighted by Crippen LogP contribution is 2.24. The van der Waals surface area contributed by atoms with Crippen molar-refractivity contribution in [1.29, 1.82) is 5.26 Å². The third-order valence-corrected chi connectivity index (χ3v) is 3.61. The van der Waals surface area contributed by atoms with Gasteiger partial charge in [-0.15, -0.1) is 0 Å². The topological polar surface area (TPSA) is 113 Å². The SMILES string of the molecule is CC(C)Nc1nc(C#N)cc2cnc(NC3CC(N)C3)nc12. The molecule has 0 unspecified atom stereocenters. The van der Waals surface area contributed by atoms with E-state index in [4.69, 9.17) is 11.0 Å². The first-order chi connectivity index (χ1) is 10.5. The molecular weight excluding hydrogens is 278 g/mol. The predicted octanol–water partition coefficient (Wildman–Crippen LogP) is 1.62. The maximum Gasteiger partial charge on any atom is 0.223 e. The molecule has 4 N–H and O–H groups in total. The maximum absolute atomic E-state index is 9.09. The number of rotatable bonds is 4. The fraction of sp³-hybridized carbons (Fsp3) is 0.467. The monoisotopic (exact) mass is 297 g/mol. The Bertz CT molecular complexity index is 728. The minimum Gasteiger partial charge on any atom is -0.366 e. The molecule has 22 heavy (non-hydrogen) atoms. The second-order valence-corrected chi connectivity index (χ2v) is 5.97. The van der Waals surface area contributed by atoms with Crippen molar-refractivity contribution in [3.8, 4) is 6.07 Å². The van der Waals surface area contributed by atoms with E-state index in [0.29, 0.717) is 29.0 Å². The summed E-state index contributed by atoms with van der Waals surface area (Å²) in [6.45, 7) is 4.03. The van der Waals surface area contributed by atoms with Crippen molar-refractivity contribution in [2.24, 2.45) is 5.73 Å². The highest BCUT2D eigenvalue weighted by molar-refractivity contribution is 5.89. The van der Waals surface area contributed by atoms with E-state index in [-0.39, 0.29) is 12.1 Å². The van der Waals surface area contributed by atoms with Crippen LogP contribution in [0.1, 0.15) is 32.4 Å². The Hall–Kier alpha value is -2.46. The molecule has 7 heteroatoms. The van der Waals surface area contributed by atoms with Gasteiger partial charge in [-0.25, -0.2) is 15.0 Å². The first-order valence-electron chi connectivity index (χ1n) is 7.41. The molecule has 2 heterocycles. The lowest BCUT2D eigenvalue weighted by molar-refractivity contribution is 0.372. The largest absolute Gasteiger partial charge is 0.366 e. The molecule has 1 aliphatic rings. The molecule has 0 saturated heterocycles. The maximum atomic E-state index is 9.09. The van der Waals surface area contributed by atoms with Crippen LogP contribution >= 0.6 is 0 Å². The minimum atomic E-state index is 0.195. The molecule has 114 valence electrons. The van der Waals surface area contributed by atoms with Crippen molar-refractivity contribution >= 4 is 22.7 Å². The number of aromatic nitrogens is 3. The summed E-state index contributed by atoms with van der Waals surface area (Å²) in [7, 11) is 0. The van der Waals surface area contributed by atoms with E-state index in [0.717, 1.165) is 18.2 Å². The van der Waals surface area contributed by atoms with Gasteiger partial charge in [0.2, 0.25) is 5.95 Å². The number of nitrogens with zero attached hydrogens (tertiary/aromatic N) is 4. The van der Waals surface area contributed by atoms with Crippen LogP contribution in [0, 0.1) is 11.3 Å². The van der Waals surface area contributed by atoms with Gasteiger partial charge in [0, 0.05) is 29.7 Å². The van der Waals surface area contributed by atoms with Gasteiger partial charge in [-0.1, -0.05) is 0 Å². The van der Waals surface area contributed by atoms with E-state index < -0.39 is 0 Å². The van der Waals surface area contributed by atoms with Crippen LogP contribution in [0.5, 0.6) is 0 Å². The fourth-order valence-corrected chi connectivity index (χ4v) is 2.50. The molecule has 0 aliphatic heterocycles. The van der Waals surface area contributed by atoms with Gasteiger partial charge in [-0.2, -0.15) is 5.26 Å². The zero-order valence-corrected chi connectivity index (χ0v) is 12.7. The quantitative estimate of drug-likeness (QED) is 0.785. The number of nitrogens with two attached hydrogens (primary N) is 1. The van der Waals surface area contributed by atoms with E-state index in [2.05, 4.69) is 31.7 Å². The van der Waals surface area contributed by atoms with Gasteiger partial charge >= 0.3 is 0 Å². The number of pyridine rings is 1. The Morgan fingerprint density at radius 1 is 1.36 bits per heavy atom. The number of fused-ring (bicyclic) bond motifs is 1. The summed E-state index contributed by atoms with van der Waals surface area (Å²) in [5.41, 5.74) is 6.86. The van der Waals surface area contributed by atoms with Crippen molar-refractivity contribution in [2.45, 2.75) is 44.8 Å². The first kappa shape index (κ1) is 14.5. The standard InChI is InChI=1S/C15H19N7/c1-8(2)19-14-13-9(3-12(6-16)20-14)7-18-15(22-13)21-11-4-10(17)5-11/h3,7-8,10-11H,4-5,17H2,1-2H3,(H,19,20)(H,18,21,22). The number of nitriles is 1. The molecule has 1 saturated carbocycles. The summed E-state index contributed by atoms with van der Waals surface area (Å²) >= 11 is 0. The summed E-state index contributed by atoms with van der Waals surface area (Å²) in [6.07, 6.45) is 3.59.